The zero-order valence-electron chi connectivity index (χ0n) is 16.8. The summed E-state index contributed by atoms with van der Waals surface area (Å²) in [6.45, 7) is 8.08. The Kier molecular flexibility index (Phi) is 8.40. The third kappa shape index (κ3) is 8.19. The standard InChI is InChI=1S/C20H32N2O5/c1-13(2)10-15(12-20(3,4)22-19(25)26)18(24)21-9-8-14-6-7-17(27-5)16(23)11-14/h6-7,11,13,15,22-23H,8-10,12H2,1-5H3,(H,21,24)(H,25,26)/t15-/m1/s1. The Morgan fingerprint density at radius 1 is 1.26 bits per heavy atom. The largest absolute Gasteiger partial charge is 0.504 e. The maximum absolute atomic E-state index is 12.6. The average molecular weight is 380 g/mol. The van der Waals surface area contributed by atoms with Crippen LogP contribution >= 0.6 is 0 Å². The number of nitrogens with one attached hydrogen (secondary N) is 2. The highest BCUT2D eigenvalue weighted by Gasteiger charge is 2.29. The fourth-order valence-electron chi connectivity index (χ4n) is 3.17. The first-order valence-electron chi connectivity index (χ1n) is 9.18. The number of hydrogen-bond acceptors (Lipinski definition) is 4. The van der Waals surface area contributed by atoms with Crippen molar-refractivity contribution < 1.29 is 24.5 Å². The molecular formula is C20H32N2O5. The molecule has 0 fully saturated rings. The van der Waals surface area contributed by atoms with Crippen LogP contribution in [0.15, 0.2) is 18.2 Å². The first-order valence-corrected chi connectivity index (χ1v) is 9.18. The number of phenolic OH excluding ortho intramolecular Hbond substituents is 1. The Morgan fingerprint density at radius 2 is 1.93 bits per heavy atom. The number of methoxy groups -OCH3 is 1. The molecule has 0 spiro atoms. The number of benzene rings is 1. The van der Waals surface area contributed by atoms with E-state index in [1.54, 1.807) is 26.0 Å². The normalized spacial score (nSPS) is 12.5. The van der Waals surface area contributed by atoms with Crippen LogP contribution in [-0.4, -0.2) is 41.4 Å². The van der Waals surface area contributed by atoms with Gasteiger partial charge in [0.25, 0.3) is 0 Å². The van der Waals surface area contributed by atoms with Gasteiger partial charge in [-0.2, -0.15) is 0 Å². The molecule has 0 aliphatic carbocycles. The van der Waals surface area contributed by atoms with Crippen molar-refractivity contribution in [3.8, 4) is 11.5 Å². The highest BCUT2D eigenvalue weighted by molar-refractivity contribution is 5.79. The molecule has 1 aromatic carbocycles. The number of hydrogen-bond donors (Lipinski definition) is 4. The summed E-state index contributed by atoms with van der Waals surface area (Å²) in [4.78, 5) is 23.6. The minimum Gasteiger partial charge on any atom is -0.504 e. The maximum Gasteiger partial charge on any atom is 0.405 e. The van der Waals surface area contributed by atoms with Gasteiger partial charge in [0, 0.05) is 18.0 Å². The molecule has 0 bridgehead atoms. The summed E-state index contributed by atoms with van der Waals surface area (Å²) in [5.41, 5.74) is 0.201. The molecule has 0 aliphatic heterocycles. The Morgan fingerprint density at radius 3 is 2.44 bits per heavy atom. The maximum atomic E-state index is 12.6. The summed E-state index contributed by atoms with van der Waals surface area (Å²) in [6, 6.07) is 5.15. The Balaban J connectivity index is 2.65. The molecule has 7 nitrogen and oxygen atoms in total. The van der Waals surface area contributed by atoms with Crippen molar-refractivity contribution in [2.75, 3.05) is 13.7 Å². The lowest BCUT2D eigenvalue weighted by Gasteiger charge is -2.30. The van der Waals surface area contributed by atoms with Gasteiger partial charge in [0.2, 0.25) is 5.91 Å². The van der Waals surface area contributed by atoms with Gasteiger partial charge in [-0.05, 0) is 56.7 Å². The molecule has 0 heterocycles. The third-order valence-corrected chi connectivity index (χ3v) is 4.28. The van der Waals surface area contributed by atoms with Gasteiger partial charge in [0.05, 0.1) is 7.11 Å². The first-order chi connectivity index (χ1) is 12.5. The van der Waals surface area contributed by atoms with E-state index in [1.807, 2.05) is 19.9 Å². The SMILES string of the molecule is COc1ccc(CCNC(=O)[C@H](CC(C)C)CC(C)(C)NC(=O)O)cc1O. The van der Waals surface area contributed by atoms with E-state index in [1.165, 1.54) is 7.11 Å². The number of rotatable bonds is 10. The molecule has 1 rings (SSSR count). The number of aromatic hydroxyl groups is 1. The third-order valence-electron chi connectivity index (χ3n) is 4.28. The Hall–Kier alpha value is -2.44. The molecule has 152 valence electrons. The minimum absolute atomic E-state index is 0.0699. The van der Waals surface area contributed by atoms with Crippen LogP contribution < -0.4 is 15.4 Å². The van der Waals surface area contributed by atoms with Gasteiger partial charge in [0.15, 0.2) is 11.5 Å². The lowest BCUT2D eigenvalue weighted by atomic mass is 9.84. The zero-order valence-corrected chi connectivity index (χ0v) is 16.8. The molecule has 4 N–H and O–H groups in total. The molecule has 0 radical (unpaired) electrons. The lowest BCUT2D eigenvalue weighted by molar-refractivity contribution is -0.126. The number of carbonyl (C=O) groups excluding carboxylic acids is 1. The molecule has 0 saturated heterocycles. The molecule has 7 heteroatoms. The second-order valence-electron chi connectivity index (χ2n) is 7.89. The molecule has 1 aromatic rings. The van der Waals surface area contributed by atoms with E-state index >= 15 is 0 Å². The van der Waals surface area contributed by atoms with Crippen molar-refractivity contribution in [1.82, 2.24) is 10.6 Å². The van der Waals surface area contributed by atoms with Gasteiger partial charge in [0.1, 0.15) is 0 Å². The number of amides is 2. The molecule has 0 aliphatic rings. The predicted octanol–water partition coefficient (Wildman–Crippen LogP) is 3.16. The smallest absolute Gasteiger partial charge is 0.405 e. The van der Waals surface area contributed by atoms with E-state index in [0.29, 0.717) is 37.5 Å². The number of carboxylic acid groups (broad SMARTS) is 1. The van der Waals surface area contributed by atoms with Crippen LogP contribution in [0.25, 0.3) is 0 Å². The van der Waals surface area contributed by atoms with Gasteiger partial charge in [-0.25, -0.2) is 4.79 Å². The second-order valence-corrected chi connectivity index (χ2v) is 7.89. The van der Waals surface area contributed by atoms with Gasteiger partial charge in [-0.15, -0.1) is 0 Å². The summed E-state index contributed by atoms with van der Waals surface area (Å²) in [6.07, 6.45) is 0.587. The summed E-state index contributed by atoms with van der Waals surface area (Å²) in [5, 5.41) is 24.2. The van der Waals surface area contributed by atoms with Gasteiger partial charge in [-0.1, -0.05) is 19.9 Å². The molecule has 1 atom stereocenters. The van der Waals surface area contributed by atoms with E-state index < -0.39 is 11.6 Å². The molecule has 0 aromatic heterocycles. The second kappa shape index (κ2) is 10.0. The quantitative estimate of drug-likeness (QED) is 0.499. The van der Waals surface area contributed by atoms with Crippen LogP contribution in [0.4, 0.5) is 4.79 Å². The number of phenols is 1. The minimum atomic E-state index is -1.09. The van der Waals surface area contributed by atoms with E-state index in [9.17, 15) is 14.7 Å². The van der Waals surface area contributed by atoms with Gasteiger partial charge >= 0.3 is 6.09 Å². The zero-order chi connectivity index (χ0) is 20.6. The van der Waals surface area contributed by atoms with E-state index in [2.05, 4.69) is 10.6 Å². The van der Waals surface area contributed by atoms with Crippen molar-refractivity contribution in [1.29, 1.82) is 0 Å². The summed E-state index contributed by atoms with van der Waals surface area (Å²) in [5.74, 6) is 0.436. The van der Waals surface area contributed by atoms with Crippen LogP contribution in [0.5, 0.6) is 11.5 Å². The summed E-state index contributed by atoms with van der Waals surface area (Å²) >= 11 is 0. The van der Waals surface area contributed by atoms with E-state index in [-0.39, 0.29) is 17.6 Å². The van der Waals surface area contributed by atoms with Crippen LogP contribution in [0, 0.1) is 11.8 Å². The van der Waals surface area contributed by atoms with E-state index in [4.69, 9.17) is 9.84 Å². The van der Waals surface area contributed by atoms with Crippen LogP contribution in [0.2, 0.25) is 0 Å². The summed E-state index contributed by atoms with van der Waals surface area (Å²) in [7, 11) is 1.49. The Bertz CT molecular complexity index is 643. The lowest BCUT2D eigenvalue weighted by Crippen LogP contribution is -2.46. The number of ether oxygens (including phenoxy) is 1. The molecule has 27 heavy (non-hydrogen) atoms. The van der Waals surface area contributed by atoms with Crippen LogP contribution in [0.1, 0.15) is 46.1 Å². The highest BCUT2D eigenvalue weighted by Crippen LogP contribution is 2.26. The first kappa shape index (κ1) is 22.6. The van der Waals surface area contributed by atoms with Crippen molar-refractivity contribution in [3.63, 3.8) is 0 Å². The topological polar surface area (TPSA) is 108 Å². The average Bonchev–Trinajstić information content (AvgIpc) is 2.52. The van der Waals surface area contributed by atoms with Crippen LogP contribution in [-0.2, 0) is 11.2 Å². The number of carbonyl (C=O) groups is 2. The van der Waals surface area contributed by atoms with E-state index in [0.717, 1.165) is 5.56 Å². The van der Waals surface area contributed by atoms with Crippen LogP contribution in [0.3, 0.4) is 0 Å². The van der Waals surface area contributed by atoms with Crippen molar-refractivity contribution in [3.05, 3.63) is 23.8 Å². The van der Waals surface area contributed by atoms with Gasteiger partial charge in [-0.3, -0.25) is 4.79 Å². The highest BCUT2D eigenvalue weighted by atomic mass is 16.5. The fraction of sp³-hybridized carbons (Fsp3) is 0.600. The monoisotopic (exact) mass is 380 g/mol. The van der Waals surface area contributed by atoms with Gasteiger partial charge < -0.3 is 25.6 Å². The van der Waals surface area contributed by atoms with Crippen molar-refractivity contribution in [2.24, 2.45) is 11.8 Å². The summed E-state index contributed by atoms with van der Waals surface area (Å²) < 4.78 is 5.02. The van der Waals surface area contributed by atoms with Crippen molar-refractivity contribution >= 4 is 12.0 Å². The van der Waals surface area contributed by atoms with Crippen molar-refractivity contribution in [2.45, 2.75) is 52.5 Å². The molecule has 0 saturated carbocycles. The fourth-order valence-corrected chi connectivity index (χ4v) is 3.17. The Labute approximate surface area is 161 Å². The molecular weight excluding hydrogens is 348 g/mol. The molecule has 2 amide bonds. The molecule has 0 unspecified atom stereocenters. The predicted molar refractivity (Wildman–Crippen MR) is 104 cm³/mol.